The van der Waals surface area contributed by atoms with Crippen LogP contribution < -0.4 is 16.4 Å². The lowest BCUT2D eigenvalue weighted by atomic mass is 10.1. The second kappa shape index (κ2) is 7.73. The fourth-order valence-electron chi connectivity index (χ4n) is 2.70. The fourth-order valence-corrected chi connectivity index (χ4v) is 2.70. The number of nitrogens with one attached hydrogen (secondary N) is 2. The molecule has 4 N–H and O–H groups in total. The van der Waals surface area contributed by atoms with Crippen LogP contribution in [0.15, 0.2) is 24.3 Å². The predicted octanol–water partition coefficient (Wildman–Crippen LogP) is 0.325. The number of para-hydroxylation sites is 1. The van der Waals surface area contributed by atoms with Gasteiger partial charge in [0.15, 0.2) is 0 Å². The van der Waals surface area contributed by atoms with Crippen LogP contribution in [0, 0.1) is 0 Å². The topological polar surface area (TPSA) is 105 Å². The summed E-state index contributed by atoms with van der Waals surface area (Å²) in [4.78, 5) is 37.7. The van der Waals surface area contributed by atoms with E-state index in [9.17, 15) is 14.4 Å². The zero-order valence-electron chi connectivity index (χ0n) is 13.2. The van der Waals surface area contributed by atoms with Gasteiger partial charge in [-0.25, -0.2) is 0 Å². The molecule has 0 radical (unpaired) electrons. The highest BCUT2D eigenvalue weighted by Crippen LogP contribution is 2.21. The van der Waals surface area contributed by atoms with E-state index in [4.69, 9.17) is 5.73 Å². The van der Waals surface area contributed by atoms with Gasteiger partial charge in [0.25, 0.3) is 5.91 Å². The standard InChI is InChI=1S/C16H22N4O3/c1-11(21)20-10-4-7-14(20)16(23)19-13-6-3-2-5-12(13)15(22)18-9-8-17/h2-3,5-6,14H,4,7-10,17H2,1H3,(H,18,22)(H,19,23). The Bertz CT molecular complexity index is 603. The van der Waals surface area contributed by atoms with Crippen LogP contribution in [-0.2, 0) is 9.59 Å². The first kappa shape index (κ1) is 17.0. The smallest absolute Gasteiger partial charge is 0.253 e. The molecule has 0 saturated carbocycles. The molecule has 2 rings (SSSR count). The third-order valence-corrected chi connectivity index (χ3v) is 3.82. The quantitative estimate of drug-likeness (QED) is 0.727. The van der Waals surface area contributed by atoms with Crippen LogP contribution in [0.5, 0.6) is 0 Å². The Morgan fingerprint density at radius 2 is 2.04 bits per heavy atom. The first-order valence-electron chi connectivity index (χ1n) is 7.70. The molecule has 1 aliphatic heterocycles. The molecule has 1 saturated heterocycles. The zero-order chi connectivity index (χ0) is 16.8. The minimum Gasteiger partial charge on any atom is -0.351 e. The lowest BCUT2D eigenvalue weighted by molar-refractivity contribution is -0.134. The summed E-state index contributed by atoms with van der Waals surface area (Å²) in [6.45, 7) is 2.75. The Morgan fingerprint density at radius 1 is 1.30 bits per heavy atom. The van der Waals surface area contributed by atoms with E-state index in [1.807, 2.05) is 0 Å². The summed E-state index contributed by atoms with van der Waals surface area (Å²) in [5.41, 5.74) is 6.19. The fraction of sp³-hybridized carbons (Fsp3) is 0.438. The van der Waals surface area contributed by atoms with Crippen molar-refractivity contribution in [3.8, 4) is 0 Å². The van der Waals surface area contributed by atoms with Crippen LogP contribution in [0.3, 0.4) is 0 Å². The molecule has 7 heteroatoms. The molecule has 1 aromatic rings. The Hall–Kier alpha value is -2.41. The van der Waals surface area contributed by atoms with E-state index in [-0.39, 0.29) is 17.7 Å². The minimum absolute atomic E-state index is 0.114. The molecule has 1 heterocycles. The number of carbonyl (C=O) groups excluding carboxylic acids is 3. The summed E-state index contributed by atoms with van der Waals surface area (Å²) in [6.07, 6.45) is 1.43. The van der Waals surface area contributed by atoms with Gasteiger partial charge in [-0.05, 0) is 25.0 Å². The van der Waals surface area contributed by atoms with E-state index in [2.05, 4.69) is 10.6 Å². The van der Waals surface area contributed by atoms with Crippen LogP contribution in [-0.4, -0.2) is 48.3 Å². The van der Waals surface area contributed by atoms with Gasteiger partial charge < -0.3 is 21.3 Å². The first-order chi connectivity index (χ1) is 11.0. The molecule has 0 aromatic heterocycles. The summed E-state index contributed by atoms with van der Waals surface area (Å²) in [5, 5.41) is 5.45. The van der Waals surface area contributed by atoms with Crippen molar-refractivity contribution in [2.75, 3.05) is 25.0 Å². The number of benzene rings is 1. The summed E-state index contributed by atoms with van der Waals surface area (Å²) in [7, 11) is 0. The maximum absolute atomic E-state index is 12.5. The highest BCUT2D eigenvalue weighted by atomic mass is 16.2. The van der Waals surface area contributed by atoms with Crippen LogP contribution >= 0.6 is 0 Å². The molecule has 7 nitrogen and oxygen atoms in total. The first-order valence-corrected chi connectivity index (χ1v) is 7.70. The van der Waals surface area contributed by atoms with Crippen molar-refractivity contribution >= 4 is 23.4 Å². The highest BCUT2D eigenvalue weighted by Gasteiger charge is 2.32. The van der Waals surface area contributed by atoms with Crippen molar-refractivity contribution in [2.45, 2.75) is 25.8 Å². The summed E-state index contributed by atoms with van der Waals surface area (Å²) in [5.74, 6) is -0.672. The minimum atomic E-state index is -0.479. The van der Waals surface area contributed by atoms with Crippen molar-refractivity contribution in [1.29, 1.82) is 0 Å². The number of amides is 3. The number of likely N-dealkylation sites (tertiary alicyclic amines) is 1. The second-order valence-corrected chi connectivity index (χ2v) is 5.45. The Morgan fingerprint density at radius 3 is 2.74 bits per heavy atom. The normalized spacial score (nSPS) is 17.0. The maximum atomic E-state index is 12.5. The number of nitrogens with zero attached hydrogens (tertiary/aromatic N) is 1. The molecule has 1 aromatic carbocycles. The van der Waals surface area contributed by atoms with Gasteiger partial charge in [-0.3, -0.25) is 14.4 Å². The van der Waals surface area contributed by atoms with Gasteiger partial charge >= 0.3 is 0 Å². The number of hydrogen-bond acceptors (Lipinski definition) is 4. The molecule has 0 bridgehead atoms. The van der Waals surface area contributed by atoms with Gasteiger partial charge in [0, 0.05) is 26.6 Å². The SMILES string of the molecule is CC(=O)N1CCCC1C(=O)Nc1ccccc1C(=O)NCCN. The maximum Gasteiger partial charge on any atom is 0.253 e. The number of hydrogen-bond donors (Lipinski definition) is 3. The van der Waals surface area contributed by atoms with E-state index in [1.54, 1.807) is 29.2 Å². The van der Waals surface area contributed by atoms with Gasteiger partial charge in [-0.15, -0.1) is 0 Å². The molecular weight excluding hydrogens is 296 g/mol. The van der Waals surface area contributed by atoms with E-state index in [0.29, 0.717) is 37.3 Å². The lowest BCUT2D eigenvalue weighted by Crippen LogP contribution is -2.42. The van der Waals surface area contributed by atoms with Gasteiger partial charge in [-0.1, -0.05) is 12.1 Å². The van der Waals surface area contributed by atoms with Gasteiger partial charge in [0.2, 0.25) is 11.8 Å². The Labute approximate surface area is 135 Å². The molecule has 0 aliphatic carbocycles. The summed E-state index contributed by atoms with van der Waals surface area (Å²) in [6, 6.07) is 6.30. The van der Waals surface area contributed by atoms with Crippen LogP contribution in [0.25, 0.3) is 0 Å². The largest absolute Gasteiger partial charge is 0.351 e. The molecular formula is C16H22N4O3. The molecule has 124 valence electrons. The van der Waals surface area contributed by atoms with Crippen LogP contribution in [0.1, 0.15) is 30.1 Å². The van der Waals surface area contributed by atoms with Gasteiger partial charge in [0.05, 0.1) is 11.3 Å². The van der Waals surface area contributed by atoms with Crippen molar-refractivity contribution in [3.05, 3.63) is 29.8 Å². The second-order valence-electron chi connectivity index (χ2n) is 5.45. The van der Waals surface area contributed by atoms with E-state index < -0.39 is 6.04 Å². The Balaban J connectivity index is 2.12. The average molecular weight is 318 g/mol. The predicted molar refractivity (Wildman–Crippen MR) is 86.9 cm³/mol. The number of rotatable bonds is 5. The van der Waals surface area contributed by atoms with E-state index in [1.165, 1.54) is 6.92 Å². The number of carbonyl (C=O) groups is 3. The molecule has 1 fully saturated rings. The average Bonchev–Trinajstić information content (AvgIpc) is 3.03. The van der Waals surface area contributed by atoms with Crippen molar-refractivity contribution in [2.24, 2.45) is 5.73 Å². The molecule has 1 atom stereocenters. The molecule has 3 amide bonds. The van der Waals surface area contributed by atoms with Crippen molar-refractivity contribution < 1.29 is 14.4 Å². The third kappa shape index (κ3) is 4.07. The monoisotopic (exact) mass is 318 g/mol. The van der Waals surface area contributed by atoms with Gasteiger partial charge in [-0.2, -0.15) is 0 Å². The molecule has 23 heavy (non-hydrogen) atoms. The third-order valence-electron chi connectivity index (χ3n) is 3.82. The summed E-state index contributed by atoms with van der Waals surface area (Å²) >= 11 is 0. The van der Waals surface area contributed by atoms with E-state index >= 15 is 0 Å². The Kier molecular flexibility index (Phi) is 5.70. The number of anilines is 1. The van der Waals surface area contributed by atoms with Crippen LogP contribution in [0.2, 0.25) is 0 Å². The zero-order valence-corrected chi connectivity index (χ0v) is 13.2. The molecule has 1 aliphatic rings. The highest BCUT2D eigenvalue weighted by molar-refractivity contribution is 6.05. The molecule has 0 spiro atoms. The summed E-state index contributed by atoms with van der Waals surface area (Å²) < 4.78 is 0. The van der Waals surface area contributed by atoms with Crippen molar-refractivity contribution in [3.63, 3.8) is 0 Å². The van der Waals surface area contributed by atoms with E-state index in [0.717, 1.165) is 6.42 Å². The van der Waals surface area contributed by atoms with Gasteiger partial charge in [0.1, 0.15) is 6.04 Å². The number of nitrogens with two attached hydrogens (primary N) is 1. The lowest BCUT2D eigenvalue weighted by Gasteiger charge is -2.23. The van der Waals surface area contributed by atoms with Crippen molar-refractivity contribution in [1.82, 2.24) is 10.2 Å². The molecule has 1 unspecified atom stereocenters. The van der Waals surface area contributed by atoms with Crippen LogP contribution in [0.4, 0.5) is 5.69 Å².